The second-order valence-corrected chi connectivity index (χ2v) is 3.92. The van der Waals surface area contributed by atoms with Gasteiger partial charge in [0.15, 0.2) is 0 Å². The second-order valence-electron chi connectivity index (χ2n) is 1.96. The minimum atomic E-state index is -0.160. The molecule has 3 nitrogen and oxygen atoms in total. The Labute approximate surface area is 96.2 Å². The van der Waals surface area contributed by atoms with Crippen LogP contribution in [0.25, 0.3) is 0 Å². The van der Waals surface area contributed by atoms with Gasteiger partial charge in [0.05, 0.1) is 0 Å². The van der Waals surface area contributed by atoms with Gasteiger partial charge in [-0.05, 0) is 12.1 Å². The number of aromatic nitrogens is 1. The molecular weight excluding hydrogens is 384 g/mol. The van der Waals surface area contributed by atoms with E-state index in [9.17, 15) is 9.59 Å². The monoisotopic (exact) mass is 387 g/mol. The van der Waals surface area contributed by atoms with E-state index >= 15 is 0 Å². The molecule has 1 rings (SSSR count). The van der Waals surface area contributed by atoms with Crippen molar-refractivity contribution in [3.05, 3.63) is 29.6 Å². The van der Waals surface area contributed by atoms with Crippen LogP contribution in [0.2, 0.25) is 0 Å². The Bertz CT molecular complexity index is 309. The number of pyridine rings is 1. The van der Waals surface area contributed by atoms with Crippen LogP contribution in [0, 0.1) is 0 Å². The lowest BCUT2D eigenvalue weighted by Crippen LogP contribution is -1.99. The SMILES string of the molecule is O=C(I)c1cccc(C(=O)I)n1. The number of hydrogen-bond donors (Lipinski definition) is 0. The van der Waals surface area contributed by atoms with Gasteiger partial charge in [0.2, 0.25) is 7.58 Å². The average Bonchev–Trinajstić information content (AvgIpc) is 2.04. The first-order valence-corrected chi connectivity index (χ1v) is 5.13. The highest BCUT2D eigenvalue weighted by molar-refractivity contribution is 14.1. The van der Waals surface area contributed by atoms with Crippen molar-refractivity contribution in [3.63, 3.8) is 0 Å². The van der Waals surface area contributed by atoms with Crippen molar-refractivity contribution in [1.82, 2.24) is 4.98 Å². The summed E-state index contributed by atoms with van der Waals surface area (Å²) in [6.07, 6.45) is 0. The number of carbonyl (C=O) groups excluding carboxylic acids is 2. The molecule has 0 atom stereocenters. The van der Waals surface area contributed by atoms with Crippen molar-refractivity contribution >= 4 is 52.8 Å². The molecule has 0 spiro atoms. The highest BCUT2D eigenvalue weighted by atomic mass is 127. The van der Waals surface area contributed by atoms with E-state index in [1.165, 1.54) is 0 Å². The summed E-state index contributed by atoms with van der Waals surface area (Å²) in [7, 11) is 0. The number of rotatable bonds is 2. The first kappa shape index (κ1) is 10.0. The minimum Gasteiger partial charge on any atom is -0.280 e. The minimum absolute atomic E-state index is 0.160. The molecule has 5 heteroatoms. The third-order valence-electron chi connectivity index (χ3n) is 1.15. The summed E-state index contributed by atoms with van der Waals surface area (Å²) >= 11 is 3.27. The summed E-state index contributed by atoms with van der Waals surface area (Å²) in [6, 6.07) is 4.81. The van der Waals surface area contributed by atoms with E-state index < -0.39 is 0 Å². The largest absolute Gasteiger partial charge is 0.280 e. The summed E-state index contributed by atoms with van der Waals surface area (Å²) in [5.41, 5.74) is 0.635. The molecule has 0 saturated carbocycles. The Hall–Kier alpha value is -0.0500. The Balaban J connectivity index is 3.12. The summed E-state index contributed by atoms with van der Waals surface area (Å²) in [5, 5.41) is 0. The van der Waals surface area contributed by atoms with Gasteiger partial charge in [0.25, 0.3) is 0 Å². The fourth-order valence-electron chi connectivity index (χ4n) is 0.654. The van der Waals surface area contributed by atoms with Gasteiger partial charge < -0.3 is 0 Å². The lowest BCUT2D eigenvalue weighted by molar-refractivity contribution is 0.109. The van der Waals surface area contributed by atoms with E-state index in [2.05, 4.69) is 4.98 Å². The number of halogens is 2. The summed E-state index contributed by atoms with van der Waals surface area (Å²) in [5.74, 6) is 0. The first-order chi connectivity index (χ1) is 5.61. The van der Waals surface area contributed by atoms with Crippen LogP contribution in [-0.2, 0) is 0 Å². The molecule has 0 fully saturated rings. The van der Waals surface area contributed by atoms with Crippen LogP contribution < -0.4 is 0 Å². The highest BCUT2D eigenvalue weighted by Gasteiger charge is 2.06. The Kier molecular flexibility index (Phi) is 3.56. The van der Waals surface area contributed by atoms with Gasteiger partial charge >= 0.3 is 0 Å². The first-order valence-electron chi connectivity index (χ1n) is 2.98. The Morgan fingerprint density at radius 1 is 1.08 bits per heavy atom. The molecule has 1 aromatic heterocycles. The van der Waals surface area contributed by atoms with Crippen LogP contribution >= 0.6 is 45.2 Å². The molecule has 0 N–H and O–H groups in total. The molecule has 0 bridgehead atoms. The fourth-order valence-corrected chi connectivity index (χ4v) is 1.25. The smallest absolute Gasteiger partial charge is 0.240 e. The molecule has 0 aromatic carbocycles. The van der Waals surface area contributed by atoms with E-state index in [1.807, 2.05) is 0 Å². The van der Waals surface area contributed by atoms with Gasteiger partial charge in [-0.2, -0.15) is 0 Å². The van der Waals surface area contributed by atoms with Gasteiger partial charge in [0.1, 0.15) is 11.4 Å². The van der Waals surface area contributed by atoms with E-state index in [4.69, 9.17) is 0 Å². The molecule has 0 aliphatic rings. The van der Waals surface area contributed by atoms with Crippen molar-refractivity contribution in [1.29, 1.82) is 0 Å². The quantitative estimate of drug-likeness (QED) is 0.578. The molecular formula is C7H3I2NO2. The van der Waals surface area contributed by atoms with Crippen LogP contribution in [0.4, 0.5) is 0 Å². The third-order valence-corrected chi connectivity index (χ3v) is 2.26. The standard InChI is InChI=1S/C7H3I2NO2/c8-6(11)4-2-1-3-5(10-4)7(9)12/h1-3H. The summed E-state index contributed by atoms with van der Waals surface area (Å²) in [4.78, 5) is 25.5. The zero-order valence-corrected chi connectivity index (χ0v) is 10.1. The van der Waals surface area contributed by atoms with Crippen LogP contribution in [0.5, 0.6) is 0 Å². The van der Waals surface area contributed by atoms with Crippen LogP contribution in [0.15, 0.2) is 18.2 Å². The van der Waals surface area contributed by atoms with Gasteiger partial charge in [0, 0.05) is 45.2 Å². The zero-order valence-electron chi connectivity index (χ0n) is 5.75. The van der Waals surface area contributed by atoms with Crippen molar-refractivity contribution in [2.75, 3.05) is 0 Å². The molecule has 0 radical (unpaired) electrons. The van der Waals surface area contributed by atoms with Crippen molar-refractivity contribution in [2.24, 2.45) is 0 Å². The van der Waals surface area contributed by atoms with Crippen LogP contribution in [0.1, 0.15) is 21.0 Å². The van der Waals surface area contributed by atoms with Gasteiger partial charge in [-0.15, -0.1) is 0 Å². The molecule has 0 aliphatic carbocycles. The maximum atomic E-state index is 10.8. The fraction of sp³-hybridized carbons (Fsp3) is 0. The number of nitrogens with zero attached hydrogens (tertiary/aromatic N) is 1. The molecule has 1 aromatic rings. The number of hydrogen-bond acceptors (Lipinski definition) is 3. The zero-order chi connectivity index (χ0) is 9.14. The molecule has 12 heavy (non-hydrogen) atoms. The van der Waals surface area contributed by atoms with E-state index in [-0.39, 0.29) is 7.58 Å². The maximum Gasteiger partial charge on any atom is 0.240 e. The van der Waals surface area contributed by atoms with E-state index in [1.54, 1.807) is 63.4 Å². The summed E-state index contributed by atoms with van der Waals surface area (Å²) in [6.45, 7) is 0. The Morgan fingerprint density at radius 2 is 1.50 bits per heavy atom. The number of carbonyl (C=O) groups is 2. The molecule has 0 amide bonds. The van der Waals surface area contributed by atoms with Gasteiger partial charge in [-0.25, -0.2) is 4.98 Å². The molecule has 0 saturated heterocycles. The Morgan fingerprint density at radius 3 is 1.83 bits per heavy atom. The van der Waals surface area contributed by atoms with Crippen LogP contribution in [-0.4, -0.2) is 12.6 Å². The van der Waals surface area contributed by atoms with Gasteiger partial charge in [-0.1, -0.05) is 6.07 Å². The van der Waals surface area contributed by atoms with E-state index in [0.717, 1.165) is 0 Å². The third kappa shape index (κ3) is 2.47. The molecule has 0 aliphatic heterocycles. The molecule has 62 valence electrons. The van der Waals surface area contributed by atoms with Crippen molar-refractivity contribution in [3.8, 4) is 0 Å². The molecule has 0 unspecified atom stereocenters. The normalized spacial score (nSPS) is 9.50. The van der Waals surface area contributed by atoms with Crippen molar-refractivity contribution in [2.45, 2.75) is 0 Å². The maximum absolute atomic E-state index is 10.8. The lowest BCUT2D eigenvalue weighted by Gasteiger charge is -1.94. The molecule has 1 heterocycles. The summed E-state index contributed by atoms with van der Waals surface area (Å²) < 4.78 is -0.320. The van der Waals surface area contributed by atoms with E-state index in [0.29, 0.717) is 11.4 Å². The topological polar surface area (TPSA) is 47.0 Å². The van der Waals surface area contributed by atoms with Crippen molar-refractivity contribution < 1.29 is 9.59 Å². The van der Waals surface area contributed by atoms with Crippen LogP contribution in [0.3, 0.4) is 0 Å². The highest BCUT2D eigenvalue weighted by Crippen LogP contribution is 2.07. The average molecular weight is 387 g/mol. The predicted octanol–water partition coefficient (Wildman–Crippen LogP) is 2.23. The predicted molar refractivity (Wildman–Crippen MR) is 60.9 cm³/mol. The van der Waals surface area contributed by atoms with Gasteiger partial charge in [-0.3, -0.25) is 9.59 Å². The second kappa shape index (κ2) is 4.26. The lowest BCUT2D eigenvalue weighted by atomic mass is 10.3.